The molecule has 0 fully saturated rings. The van der Waals surface area contributed by atoms with Crippen molar-refractivity contribution >= 4 is 11.8 Å². The summed E-state index contributed by atoms with van der Waals surface area (Å²) < 4.78 is 5.72. The van der Waals surface area contributed by atoms with E-state index in [0.717, 1.165) is 18.7 Å². The van der Waals surface area contributed by atoms with E-state index in [-0.39, 0.29) is 5.57 Å². The van der Waals surface area contributed by atoms with Gasteiger partial charge in [0, 0.05) is 24.4 Å². The highest BCUT2D eigenvalue weighted by Crippen LogP contribution is 2.23. The van der Waals surface area contributed by atoms with Crippen LogP contribution >= 0.6 is 0 Å². The number of benzene rings is 1. The first kappa shape index (κ1) is 24.0. The molecule has 4 heteroatoms. The van der Waals surface area contributed by atoms with E-state index in [1.807, 2.05) is 31.2 Å². The van der Waals surface area contributed by atoms with Crippen molar-refractivity contribution in [2.24, 2.45) is 0 Å². The van der Waals surface area contributed by atoms with Crippen molar-refractivity contribution in [3.8, 4) is 12.1 Å². The molecule has 4 nitrogen and oxygen atoms in total. The van der Waals surface area contributed by atoms with Crippen molar-refractivity contribution in [1.29, 1.82) is 10.5 Å². The number of allylic oxidation sites excluding steroid dienone is 6. The minimum absolute atomic E-state index is 0.0872. The molecular weight excluding hydrogens is 382 g/mol. The third kappa shape index (κ3) is 7.83. The smallest absolute Gasteiger partial charge is 0.137 e. The Morgan fingerprint density at radius 1 is 0.903 bits per heavy atom. The van der Waals surface area contributed by atoms with E-state index in [1.165, 1.54) is 44.2 Å². The first-order valence-corrected chi connectivity index (χ1v) is 11.3. The fourth-order valence-electron chi connectivity index (χ4n) is 3.49. The molecule has 0 bridgehead atoms. The van der Waals surface area contributed by atoms with Gasteiger partial charge in [0.2, 0.25) is 0 Å². The zero-order valence-corrected chi connectivity index (χ0v) is 19.0. The van der Waals surface area contributed by atoms with Crippen LogP contribution in [0.25, 0.3) is 6.08 Å². The summed E-state index contributed by atoms with van der Waals surface area (Å²) >= 11 is 0. The summed E-state index contributed by atoms with van der Waals surface area (Å²) in [6.07, 6.45) is 14.8. The zero-order chi connectivity index (χ0) is 22.5. The molecule has 0 atom stereocenters. The lowest BCUT2D eigenvalue weighted by molar-refractivity contribution is 0.318. The first-order valence-electron chi connectivity index (χ1n) is 11.3. The van der Waals surface area contributed by atoms with E-state index in [4.69, 9.17) is 15.3 Å². The number of unbranched alkanes of at least 4 members (excludes halogenated alkanes) is 4. The van der Waals surface area contributed by atoms with E-state index in [2.05, 4.69) is 43.0 Å². The molecule has 1 aliphatic heterocycles. The van der Waals surface area contributed by atoms with Gasteiger partial charge >= 0.3 is 0 Å². The Hall–Kier alpha value is -3.24. The zero-order valence-electron chi connectivity index (χ0n) is 19.0. The van der Waals surface area contributed by atoms with Gasteiger partial charge in [-0.1, -0.05) is 57.7 Å². The van der Waals surface area contributed by atoms with E-state index < -0.39 is 0 Å². The molecule has 31 heavy (non-hydrogen) atoms. The van der Waals surface area contributed by atoms with Crippen LogP contribution in [0.5, 0.6) is 0 Å². The highest BCUT2D eigenvalue weighted by atomic mass is 16.5. The Labute approximate surface area is 187 Å². The molecule has 0 saturated heterocycles. The van der Waals surface area contributed by atoms with Gasteiger partial charge in [-0.3, -0.25) is 0 Å². The van der Waals surface area contributed by atoms with Gasteiger partial charge in [-0.25, -0.2) is 0 Å². The lowest BCUT2D eigenvalue weighted by atomic mass is 10.1. The molecule has 1 aromatic rings. The molecular formula is C27H33N3O. The van der Waals surface area contributed by atoms with Crippen LogP contribution in [0, 0.1) is 22.7 Å². The maximum absolute atomic E-state index is 9.11. The Bertz CT molecular complexity index is 895. The van der Waals surface area contributed by atoms with Crippen molar-refractivity contribution in [3.05, 3.63) is 70.7 Å². The van der Waals surface area contributed by atoms with Gasteiger partial charge < -0.3 is 9.64 Å². The molecule has 0 aromatic heterocycles. The minimum Gasteiger partial charge on any atom is -0.462 e. The molecule has 1 aliphatic rings. The summed E-state index contributed by atoms with van der Waals surface area (Å²) in [4.78, 5) is 2.50. The average molecular weight is 416 g/mol. The van der Waals surface area contributed by atoms with Crippen LogP contribution in [0.15, 0.2) is 65.2 Å². The van der Waals surface area contributed by atoms with Crippen LogP contribution < -0.4 is 4.90 Å². The number of hydrogen-bond donors (Lipinski definition) is 0. The number of rotatable bonds is 11. The molecule has 0 spiro atoms. The second kappa shape index (κ2) is 13.1. The van der Waals surface area contributed by atoms with E-state index in [9.17, 15) is 0 Å². The molecule has 0 radical (unpaired) electrons. The van der Waals surface area contributed by atoms with Gasteiger partial charge in [-0.15, -0.1) is 0 Å². The Morgan fingerprint density at radius 3 is 2.06 bits per heavy atom. The molecule has 0 saturated carbocycles. The summed E-state index contributed by atoms with van der Waals surface area (Å²) in [7, 11) is 0. The quantitative estimate of drug-likeness (QED) is 0.287. The van der Waals surface area contributed by atoms with Crippen LogP contribution in [0.2, 0.25) is 0 Å². The Kier molecular flexibility index (Phi) is 10.2. The molecule has 0 unspecified atom stereocenters. The molecule has 0 N–H and O–H groups in total. The monoisotopic (exact) mass is 415 g/mol. The van der Waals surface area contributed by atoms with Crippen LogP contribution in [-0.4, -0.2) is 13.1 Å². The fraction of sp³-hybridized carbons (Fsp3) is 0.407. The Balaban J connectivity index is 2.11. The number of nitriles is 2. The van der Waals surface area contributed by atoms with Gasteiger partial charge in [0.05, 0.1) is 0 Å². The predicted molar refractivity (Wildman–Crippen MR) is 128 cm³/mol. The predicted octanol–water partition coefficient (Wildman–Crippen LogP) is 7.05. The lowest BCUT2D eigenvalue weighted by Gasteiger charge is -2.25. The van der Waals surface area contributed by atoms with Crippen molar-refractivity contribution in [3.63, 3.8) is 0 Å². The van der Waals surface area contributed by atoms with Gasteiger partial charge in [0.25, 0.3) is 0 Å². The van der Waals surface area contributed by atoms with Gasteiger partial charge in [-0.2, -0.15) is 10.5 Å². The molecule has 2 rings (SSSR count). The largest absolute Gasteiger partial charge is 0.462 e. The van der Waals surface area contributed by atoms with Gasteiger partial charge in [0.15, 0.2) is 0 Å². The molecule has 0 amide bonds. The van der Waals surface area contributed by atoms with E-state index in [1.54, 1.807) is 12.2 Å². The number of nitrogens with zero attached hydrogens (tertiary/aromatic N) is 3. The van der Waals surface area contributed by atoms with E-state index >= 15 is 0 Å². The molecule has 1 heterocycles. The summed E-state index contributed by atoms with van der Waals surface area (Å²) in [5.74, 6) is 1.27. The third-order valence-electron chi connectivity index (χ3n) is 5.21. The number of ether oxygens (including phenoxy) is 1. The summed E-state index contributed by atoms with van der Waals surface area (Å²) in [6, 6.07) is 12.5. The number of hydrogen-bond acceptors (Lipinski definition) is 4. The van der Waals surface area contributed by atoms with Crippen LogP contribution in [0.4, 0.5) is 5.69 Å². The molecule has 162 valence electrons. The summed E-state index contributed by atoms with van der Waals surface area (Å²) in [6.45, 7) is 8.51. The maximum Gasteiger partial charge on any atom is 0.137 e. The summed E-state index contributed by atoms with van der Waals surface area (Å²) in [5, 5.41) is 18.2. The second-order valence-corrected chi connectivity index (χ2v) is 7.78. The van der Waals surface area contributed by atoms with Crippen LogP contribution in [0.1, 0.15) is 64.9 Å². The van der Waals surface area contributed by atoms with Crippen LogP contribution in [0.3, 0.4) is 0 Å². The van der Waals surface area contributed by atoms with E-state index in [0.29, 0.717) is 17.1 Å². The second-order valence-electron chi connectivity index (χ2n) is 7.78. The first-order chi connectivity index (χ1) is 15.1. The van der Waals surface area contributed by atoms with Crippen molar-refractivity contribution in [1.82, 2.24) is 0 Å². The molecule has 1 aromatic carbocycles. The van der Waals surface area contributed by atoms with Crippen LogP contribution in [-0.2, 0) is 4.74 Å². The van der Waals surface area contributed by atoms with Gasteiger partial charge in [0.1, 0.15) is 29.2 Å². The van der Waals surface area contributed by atoms with Crippen molar-refractivity contribution in [2.75, 3.05) is 18.0 Å². The third-order valence-corrected chi connectivity index (χ3v) is 5.21. The number of anilines is 1. The lowest BCUT2D eigenvalue weighted by Crippen LogP contribution is -2.25. The average Bonchev–Trinajstić information content (AvgIpc) is 2.78. The highest BCUT2D eigenvalue weighted by Gasteiger charge is 2.10. The molecule has 0 aliphatic carbocycles. The fourth-order valence-corrected chi connectivity index (χ4v) is 3.49. The topological polar surface area (TPSA) is 60.0 Å². The maximum atomic E-state index is 9.11. The highest BCUT2D eigenvalue weighted by molar-refractivity contribution is 5.59. The van der Waals surface area contributed by atoms with Crippen molar-refractivity contribution in [2.45, 2.75) is 59.3 Å². The SMILES string of the molecule is CCCCCN(CCCCC)c1ccc(C=CC2=CC(=C(C#N)C#N)C=C(C)O2)cc1. The van der Waals surface area contributed by atoms with Crippen molar-refractivity contribution < 1.29 is 4.74 Å². The Morgan fingerprint density at radius 2 is 1.52 bits per heavy atom. The van der Waals surface area contributed by atoms with Gasteiger partial charge in [-0.05, 0) is 55.7 Å². The minimum atomic E-state index is 0.0872. The summed E-state index contributed by atoms with van der Waals surface area (Å²) in [5.41, 5.74) is 3.02. The standard InChI is InChI=1S/C27H33N3O/c1-4-6-8-16-30(17-9-7-5-2)26-13-10-23(11-14-26)12-15-27-19-24(18-22(3)31-27)25(20-28)21-29/h10-15,18-19H,4-9,16-17H2,1-3H3. The normalized spacial score (nSPS) is 13.1.